The molecule has 0 radical (unpaired) electrons. The predicted octanol–water partition coefficient (Wildman–Crippen LogP) is 7.00. The van der Waals surface area contributed by atoms with Crippen LogP contribution in [0.4, 0.5) is 0 Å². The molecular formula is C26H38N2O3. The molecule has 0 fully saturated rings. The first-order chi connectivity index (χ1) is 15.1. The van der Waals surface area contributed by atoms with Crippen molar-refractivity contribution in [3.8, 4) is 22.9 Å². The average Bonchev–Trinajstić information content (AvgIpc) is 2.78. The lowest BCUT2D eigenvalue weighted by Crippen LogP contribution is -2.12. The molecule has 5 heteroatoms. The molecule has 0 amide bonds. The third-order valence-electron chi connectivity index (χ3n) is 5.30. The summed E-state index contributed by atoms with van der Waals surface area (Å²) in [4.78, 5) is 20.9. The van der Waals surface area contributed by atoms with Crippen molar-refractivity contribution in [3.05, 3.63) is 36.7 Å². The molecule has 170 valence electrons. The molecule has 1 aromatic carbocycles. The van der Waals surface area contributed by atoms with Crippen LogP contribution < -0.4 is 9.47 Å². The molecule has 0 unspecified atom stereocenters. The monoisotopic (exact) mass is 426 g/mol. The van der Waals surface area contributed by atoms with E-state index in [0.717, 1.165) is 31.2 Å². The maximum absolute atomic E-state index is 12.1. The van der Waals surface area contributed by atoms with E-state index in [-0.39, 0.29) is 5.97 Å². The van der Waals surface area contributed by atoms with Gasteiger partial charge in [0, 0.05) is 12.0 Å². The standard InChI is InChI=1S/C26H38N2O3/c1-4-6-8-9-10-11-17-30-24-19-27-26(28-20-24)22-13-15-23(16-14-22)31-25(29)18-21(3)12-7-5-2/h13-16,19-21H,4-12,17-18H2,1-3H3/t21-/m0/s1. The fourth-order valence-corrected chi connectivity index (χ4v) is 3.40. The Hall–Kier alpha value is -2.43. The number of nitrogens with zero attached hydrogens (tertiary/aromatic N) is 2. The summed E-state index contributed by atoms with van der Waals surface area (Å²) in [5, 5.41) is 0. The molecule has 0 aliphatic carbocycles. The Balaban J connectivity index is 1.76. The van der Waals surface area contributed by atoms with E-state index in [1.165, 1.54) is 32.1 Å². The third kappa shape index (κ3) is 9.95. The van der Waals surface area contributed by atoms with Gasteiger partial charge in [0.1, 0.15) is 5.75 Å². The van der Waals surface area contributed by atoms with Crippen molar-refractivity contribution >= 4 is 5.97 Å². The first kappa shape index (κ1) is 24.8. The first-order valence-corrected chi connectivity index (χ1v) is 11.9. The summed E-state index contributed by atoms with van der Waals surface area (Å²) in [5.41, 5.74) is 0.874. The second kappa shape index (κ2) is 14.6. The molecule has 0 aliphatic heterocycles. The van der Waals surface area contributed by atoms with Gasteiger partial charge in [-0.15, -0.1) is 0 Å². The molecule has 2 aromatic rings. The number of aromatic nitrogens is 2. The second-order valence-electron chi connectivity index (χ2n) is 8.31. The quantitative estimate of drug-likeness (QED) is 0.174. The summed E-state index contributed by atoms with van der Waals surface area (Å²) < 4.78 is 11.2. The number of unbranched alkanes of at least 4 members (excludes halogenated alkanes) is 6. The van der Waals surface area contributed by atoms with Crippen LogP contribution in [0, 0.1) is 5.92 Å². The highest BCUT2D eigenvalue weighted by Gasteiger charge is 2.11. The minimum absolute atomic E-state index is 0.181. The van der Waals surface area contributed by atoms with E-state index in [9.17, 15) is 4.79 Å². The van der Waals surface area contributed by atoms with Gasteiger partial charge in [-0.25, -0.2) is 9.97 Å². The lowest BCUT2D eigenvalue weighted by atomic mass is 10.0. The minimum Gasteiger partial charge on any atom is -0.490 e. The van der Waals surface area contributed by atoms with Crippen LogP contribution >= 0.6 is 0 Å². The van der Waals surface area contributed by atoms with Gasteiger partial charge < -0.3 is 9.47 Å². The number of carbonyl (C=O) groups excluding carboxylic acids is 1. The molecule has 0 bridgehead atoms. The molecule has 31 heavy (non-hydrogen) atoms. The number of esters is 1. The normalized spacial score (nSPS) is 11.8. The van der Waals surface area contributed by atoms with E-state index < -0.39 is 0 Å². The SMILES string of the molecule is CCCCCCCCOc1cnc(-c2ccc(OC(=O)C[C@@H](C)CCCC)cc2)nc1. The van der Waals surface area contributed by atoms with Crippen LogP contribution in [-0.2, 0) is 4.79 Å². The molecule has 5 nitrogen and oxygen atoms in total. The minimum atomic E-state index is -0.181. The average molecular weight is 427 g/mol. The first-order valence-electron chi connectivity index (χ1n) is 11.9. The Morgan fingerprint density at radius 3 is 2.19 bits per heavy atom. The molecule has 0 N–H and O–H groups in total. The summed E-state index contributed by atoms with van der Waals surface area (Å²) in [6.45, 7) is 7.18. The van der Waals surface area contributed by atoms with Crippen molar-refractivity contribution in [2.24, 2.45) is 5.92 Å². The largest absolute Gasteiger partial charge is 0.490 e. The van der Waals surface area contributed by atoms with Gasteiger partial charge in [0.05, 0.1) is 19.0 Å². The fourth-order valence-electron chi connectivity index (χ4n) is 3.40. The number of hydrogen-bond donors (Lipinski definition) is 0. The van der Waals surface area contributed by atoms with Crippen LogP contribution in [0.5, 0.6) is 11.5 Å². The smallest absolute Gasteiger partial charge is 0.311 e. The zero-order chi connectivity index (χ0) is 22.3. The van der Waals surface area contributed by atoms with Crippen molar-refractivity contribution in [3.63, 3.8) is 0 Å². The van der Waals surface area contributed by atoms with Crippen molar-refractivity contribution in [1.82, 2.24) is 9.97 Å². The van der Waals surface area contributed by atoms with E-state index in [2.05, 4.69) is 30.7 Å². The Bertz CT molecular complexity index is 744. The summed E-state index contributed by atoms with van der Waals surface area (Å²) in [6.07, 6.45) is 14.7. The Kier molecular flexibility index (Phi) is 11.7. The fraction of sp³-hybridized carbons (Fsp3) is 0.577. The Morgan fingerprint density at radius 2 is 1.52 bits per heavy atom. The highest BCUT2D eigenvalue weighted by molar-refractivity contribution is 5.72. The topological polar surface area (TPSA) is 61.3 Å². The van der Waals surface area contributed by atoms with Crippen molar-refractivity contribution < 1.29 is 14.3 Å². The van der Waals surface area contributed by atoms with Crippen LogP contribution in [0.2, 0.25) is 0 Å². The predicted molar refractivity (Wildman–Crippen MR) is 125 cm³/mol. The highest BCUT2D eigenvalue weighted by Crippen LogP contribution is 2.21. The van der Waals surface area contributed by atoms with E-state index in [1.54, 1.807) is 24.5 Å². The summed E-state index contributed by atoms with van der Waals surface area (Å²) in [6, 6.07) is 7.32. The number of benzene rings is 1. The van der Waals surface area contributed by atoms with Crippen LogP contribution in [0.1, 0.15) is 85.0 Å². The van der Waals surface area contributed by atoms with Gasteiger partial charge in [-0.1, -0.05) is 72.1 Å². The third-order valence-corrected chi connectivity index (χ3v) is 5.30. The van der Waals surface area contributed by atoms with Crippen molar-refractivity contribution in [2.45, 2.75) is 85.0 Å². The lowest BCUT2D eigenvalue weighted by molar-refractivity contribution is -0.135. The second-order valence-corrected chi connectivity index (χ2v) is 8.31. The van der Waals surface area contributed by atoms with Gasteiger partial charge in [0.2, 0.25) is 0 Å². The molecule has 1 aromatic heterocycles. The Morgan fingerprint density at radius 1 is 0.871 bits per heavy atom. The molecule has 2 rings (SSSR count). The van der Waals surface area contributed by atoms with Crippen LogP contribution in [0.25, 0.3) is 11.4 Å². The molecular weight excluding hydrogens is 388 g/mol. The lowest BCUT2D eigenvalue weighted by Gasteiger charge is -2.10. The van der Waals surface area contributed by atoms with Gasteiger partial charge in [-0.3, -0.25) is 4.79 Å². The molecule has 0 spiro atoms. The van der Waals surface area contributed by atoms with Crippen molar-refractivity contribution in [1.29, 1.82) is 0 Å². The number of ether oxygens (including phenoxy) is 2. The molecule has 0 saturated carbocycles. The summed E-state index contributed by atoms with van der Waals surface area (Å²) >= 11 is 0. The zero-order valence-corrected chi connectivity index (χ0v) is 19.4. The van der Waals surface area contributed by atoms with Gasteiger partial charge in [0.25, 0.3) is 0 Å². The van der Waals surface area contributed by atoms with Gasteiger partial charge >= 0.3 is 5.97 Å². The number of carbonyl (C=O) groups is 1. The van der Waals surface area contributed by atoms with E-state index in [4.69, 9.17) is 9.47 Å². The zero-order valence-electron chi connectivity index (χ0n) is 19.4. The molecule has 1 atom stereocenters. The number of rotatable bonds is 15. The van der Waals surface area contributed by atoms with Crippen LogP contribution in [0.3, 0.4) is 0 Å². The van der Waals surface area contributed by atoms with E-state index in [0.29, 0.717) is 36.3 Å². The van der Waals surface area contributed by atoms with E-state index in [1.807, 2.05) is 12.1 Å². The van der Waals surface area contributed by atoms with E-state index >= 15 is 0 Å². The Labute approximate surface area is 187 Å². The summed E-state index contributed by atoms with van der Waals surface area (Å²) in [7, 11) is 0. The van der Waals surface area contributed by atoms with Crippen LogP contribution in [0.15, 0.2) is 36.7 Å². The molecule has 0 aliphatic rings. The van der Waals surface area contributed by atoms with Gasteiger partial charge in [-0.05, 0) is 36.6 Å². The maximum atomic E-state index is 12.1. The van der Waals surface area contributed by atoms with Crippen LogP contribution in [-0.4, -0.2) is 22.5 Å². The maximum Gasteiger partial charge on any atom is 0.311 e. The van der Waals surface area contributed by atoms with Crippen molar-refractivity contribution in [2.75, 3.05) is 6.61 Å². The summed E-state index contributed by atoms with van der Waals surface area (Å²) in [5.74, 6) is 2.04. The van der Waals surface area contributed by atoms with Gasteiger partial charge in [-0.2, -0.15) is 0 Å². The molecule has 1 heterocycles. The molecule has 0 saturated heterocycles. The number of hydrogen-bond acceptors (Lipinski definition) is 5. The van der Waals surface area contributed by atoms with Gasteiger partial charge in [0.15, 0.2) is 11.6 Å². The highest BCUT2D eigenvalue weighted by atomic mass is 16.5.